The molecular weight excluding hydrogens is 738 g/mol. The van der Waals surface area contributed by atoms with Crippen LogP contribution in [-0.2, 0) is 38.7 Å². The molecule has 18 heteroatoms. The fourth-order valence-electron chi connectivity index (χ4n) is 4.51. The molecule has 0 saturated heterocycles. The van der Waals surface area contributed by atoms with Crippen molar-refractivity contribution in [3.05, 3.63) is 109 Å². The van der Waals surface area contributed by atoms with Crippen LogP contribution >= 0.6 is 47.1 Å². The molecule has 0 aliphatic rings. The highest BCUT2D eigenvalue weighted by atomic mass is 79.9. The Labute approximate surface area is 252 Å². The molecule has 4 rings (SSSR count). The molecule has 5 N–H and O–H groups in total. The number of aromatic amines is 1. The summed E-state index contributed by atoms with van der Waals surface area (Å²) in [6.07, 6.45) is 0.0177. The van der Waals surface area contributed by atoms with Gasteiger partial charge >= 0.3 is 26.5 Å². The third kappa shape index (κ3) is 6.18. The summed E-state index contributed by atoms with van der Waals surface area (Å²) in [5, 5.41) is 14.4. The molecule has 0 spiro atoms. The third-order valence-corrected chi connectivity index (χ3v) is 9.82. The van der Waals surface area contributed by atoms with E-state index in [9.17, 15) is 46.3 Å². The largest absolute Gasteiger partial charge is 0.399 e. The molecular formula is C24H20Br2F4N4O6P2. The lowest BCUT2D eigenvalue weighted by Gasteiger charge is -2.32. The summed E-state index contributed by atoms with van der Waals surface area (Å²) in [7, 11) is -11.7. The number of benzene rings is 3. The Morgan fingerprint density at radius 2 is 1.19 bits per heavy atom. The topological polar surface area (TPSA) is 170 Å². The third-order valence-electron chi connectivity index (χ3n) is 6.56. The number of H-pyrrole nitrogens is 1. The van der Waals surface area contributed by atoms with E-state index in [2.05, 4.69) is 52.5 Å². The Hall–Kier alpha value is -2.29. The van der Waals surface area contributed by atoms with E-state index in [-0.39, 0.29) is 27.6 Å². The van der Waals surface area contributed by atoms with E-state index in [4.69, 9.17) is 0 Å². The van der Waals surface area contributed by atoms with Crippen LogP contribution in [0.5, 0.6) is 0 Å². The second kappa shape index (κ2) is 11.7. The van der Waals surface area contributed by atoms with Gasteiger partial charge in [0.2, 0.25) is 0 Å². The smallest absolute Gasteiger partial charge is 0.320 e. The minimum Gasteiger partial charge on any atom is -0.320 e. The van der Waals surface area contributed by atoms with Crippen molar-refractivity contribution in [1.82, 2.24) is 20.6 Å². The van der Waals surface area contributed by atoms with Gasteiger partial charge in [0.05, 0.1) is 5.41 Å². The zero-order valence-corrected chi connectivity index (χ0v) is 25.8. The summed E-state index contributed by atoms with van der Waals surface area (Å²) < 4.78 is 80.2. The standard InChI is InChI=1S/C24H20Br2F4N4O6P2/c25-19-10-14(6-8-17(19)23(27,28)41(35,36)37)12-22(21-31-33-34-32-21,16-4-2-1-3-5-16)13-15-7-9-18(20(26)11-15)24(29,30)42(38,39)40/h1-11H,12-13H2,(H2,35,36,37)(H2,38,39,40)(H,31,32,33,34). The van der Waals surface area contributed by atoms with Crippen LogP contribution in [0.4, 0.5) is 17.6 Å². The monoisotopic (exact) mass is 756 g/mol. The fraction of sp³-hybridized carbons (Fsp3) is 0.208. The maximum Gasteiger partial charge on any atom is 0.399 e. The maximum atomic E-state index is 14.5. The van der Waals surface area contributed by atoms with E-state index in [1.807, 2.05) is 0 Å². The molecule has 3 aromatic carbocycles. The molecule has 1 heterocycles. The molecule has 224 valence electrons. The number of hydrogen-bond acceptors (Lipinski definition) is 5. The van der Waals surface area contributed by atoms with Gasteiger partial charge in [-0.1, -0.05) is 91.7 Å². The lowest BCUT2D eigenvalue weighted by Crippen LogP contribution is -2.35. The van der Waals surface area contributed by atoms with Crippen LogP contribution in [0.15, 0.2) is 75.7 Å². The summed E-state index contributed by atoms with van der Waals surface area (Å²) in [5.41, 5.74) is -10.5. The number of alkyl halides is 4. The van der Waals surface area contributed by atoms with E-state index in [1.54, 1.807) is 30.3 Å². The van der Waals surface area contributed by atoms with E-state index >= 15 is 0 Å². The van der Waals surface area contributed by atoms with E-state index < -0.39 is 43.1 Å². The van der Waals surface area contributed by atoms with Gasteiger partial charge in [-0.25, -0.2) is 0 Å². The van der Waals surface area contributed by atoms with Crippen molar-refractivity contribution in [2.24, 2.45) is 0 Å². The van der Waals surface area contributed by atoms with E-state index in [0.29, 0.717) is 16.7 Å². The van der Waals surface area contributed by atoms with Crippen molar-refractivity contribution in [1.29, 1.82) is 0 Å². The van der Waals surface area contributed by atoms with Crippen molar-refractivity contribution in [2.45, 2.75) is 29.6 Å². The molecule has 0 bridgehead atoms. The molecule has 0 unspecified atom stereocenters. The summed E-state index contributed by atoms with van der Waals surface area (Å²) in [4.78, 5) is 36.7. The number of rotatable bonds is 10. The number of hydrogen-bond donors (Lipinski definition) is 5. The van der Waals surface area contributed by atoms with Crippen LogP contribution in [0.1, 0.15) is 33.6 Å². The molecule has 0 saturated carbocycles. The summed E-state index contributed by atoms with van der Waals surface area (Å²) in [5.74, 6) is 0.148. The first-order valence-corrected chi connectivity index (χ1v) is 16.5. The van der Waals surface area contributed by atoms with Crippen LogP contribution in [-0.4, -0.2) is 40.2 Å². The van der Waals surface area contributed by atoms with E-state index in [1.165, 1.54) is 24.3 Å². The Kier molecular flexibility index (Phi) is 9.06. The molecule has 0 amide bonds. The molecule has 0 aliphatic carbocycles. The highest BCUT2D eigenvalue weighted by Gasteiger charge is 2.52. The Morgan fingerprint density at radius 1 is 0.738 bits per heavy atom. The summed E-state index contributed by atoms with van der Waals surface area (Å²) in [6, 6.07) is 15.5. The molecule has 0 fully saturated rings. The highest BCUT2D eigenvalue weighted by molar-refractivity contribution is 9.10. The van der Waals surface area contributed by atoms with Gasteiger partial charge < -0.3 is 19.6 Å². The number of nitrogens with one attached hydrogen (secondary N) is 1. The Balaban J connectivity index is 1.85. The molecule has 0 aliphatic heterocycles. The van der Waals surface area contributed by atoms with E-state index in [0.717, 1.165) is 12.1 Å². The van der Waals surface area contributed by atoms with Gasteiger partial charge in [-0.15, -0.1) is 10.2 Å². The molecule has 0 atom stereocenters. The number of aromatic nitrogens is 4. The van der Waals surface area contributed by atoms with Crippen LogP contribution in [0.25, 0.3) is 0 Å². The zero-order valence-electron chi connectivity index (χ0n) is 20.9. The normalized spacial score (nSPS) is 13.4. The van der Waals surface area contributed by atoms with Crippen molar-refractivity contribution in [3.63, 3.8) is 0 Å². The Bertz CT molecular complexity index is 1600. The molecule has 1 aromatic heterocycles. The van der Waals surface area contributed by atoms with Crippen LogP contribution in [0.2, 0.25) is 0 Å². The second-order valence-electron chi connectivity index (χ2n) is 9.34. The molecule has 4 aromatic rings. The zero-order chi connectivity index (χ0) is 31.1. The minimum atomic E-state index is -5.84. The molecule has 0 radical (unpaired) electrons. The van der Waals surface area contributed by atoms with Gasteiger partial charge in [-0.05, 0) is 41.7 Å². The van der Waals surface area contributed by atoms with Crippen molar-refractivity contribution >= 4 is 47.1 Å². The first-order chi connectivity index (χ1) is 19.4. The number of nitrogens with zero attached hydrogens (tertiary/aromatic N) is 3. The average Bonchev–Trinajstić information content (AvgIpc) is 3.43. The van der Waals surface area contributed by atoms with Gasteiger partial charge in [0, 0.05) is 20.1 Å². The van der Waals surface area contributed by atoms with Crippen molar-refractivity contribution in [2.75, 3.05) is 0 Å². The lowest BCUT2D eigenvalue weighted by atomic mass is 9.70. The minimum absolute atomic E-state index is 0.00885. The summed E-state index contributed by atoms with van der Waals surface area (Å²) >= 11 is 5.99. The lowest BCUT2D eigenvalue weighted by molar-refractivity contribution is 0.0557. The SMILES string of the molecule is O=P(O)(O)C(F)(F)c1ccc(CC(Cc2ccc(C(F)(F)P(=O)(O)O)c(Br)c2)(c2ccccc2)c2nn[nH]n2)cc1Br. The first-order valence-electron chi connectivity index (χ1n) is 11.6. The van der Waals surface area contributed by atoms with Crippen molar-refractivity contribution < 1.29 is 46.3 Å². The number of tetrazole rings is 1. The van der Waals surface area contributed by atoms with Gasteiger partial charge in [-0.3, -0.25) is 9.13 Å². The van der Waals surface area contributed by atoms with Gasteiger partial charge in [-0.2, -0.15) is 22.8 Å². The van der Waals surface area contributed by atoms with Crippen LogP contribution in [0, 0.1) is 0 Å². The van der Waals surface area contributed by atoms with Crippen molar-refractivity contribution in [3.8, 4) is 0 Å². The van der Waals surface area contributed by atoms with Gasteiger partial charge in [0.25, 0.3) is 0 Å². The predicted octanol–water partition coefficient (Wildman–Crippen LogP) is 5.95. The van der Waals surface area contributed by atoms with Gasteiger partial charge in [0.1, 0.15) is 0 Å². The Morgan fingerprint density at radius 3 is 1.55 bits per heavy atom. The second-order valence-corrected chi connectivity index (χ2v) is 14.3. The number of halogens is 6. The maximum absolute atomic E-state index is 14.5. The summed E-state index contributed by atoms with van der Waals surface area (Å²) in [6.45, 7) is 0. The fourth-order valence-corrected chi connectivity index (χ4v) is 7.19. The average molecular weight is 758 g/mol. The van der Waals surface area contributed by atoms with Crippen LogP contribution in [0.3, 0.4) is 0 Å². The van der Waals surface area contributed by atoms with Gasteiger partial charge in [0.15, 0.2) is 5.82 Å². The quantitative estimate of drug-likeness (QED) is 0.0970. The molecule has 10 nitrogen and oxygen atoms in total. The predicted molar refractivity (Wildman–Crippen MR) is 149 cm³/mol. The van der Waals surface area contributed by atoms with Crippen LogP contribution < -0.4 is 0 Å². The highest BCUT2D eigenvalue weighted by Crippen LogP contribution is 2.61. The molecule has 42 heavy (non-hydrogen) atoms. The first kappa shape index (κ1) is 32.6.